The Morgan fingerprint density at radius 3 is 2.70 bits per heavy atom. The van der Waals surface area contributed by atoms with Crippen molar-refractivity contribution in [2.24, 2.45) is 0 Å². The summed E-state index contributed by atoms with van der Waals surface area (Å²) in [5.74, 6) is 3.99. The molecule has 0 aliphatic heterocycles. The van der Waals surface area contributed by atoms with Crippen molar-refractivity contribution < 1.29 is 9.53 Å². The van der Waals surface area contributed by atoms with Gasteiger partial charge in [-0.05, 0) is 37.4 Å². The third kappa shape index (κ3) is 5.06. The summed E-state index contributed by atoms with van der Waals surface area (Å²) in [5, 5.41) is 2.85. The van der Waals surface area contributed by atoms with Crippen molar-refractivity contribution in [3.05, 3.63) is 24.3 Å². The minimum atomic E-state index is -0.121. The number of ether oxygens (including phenoxy) is 1. The second-order valence-electron chi connectivity index (χ2n) is 4.36. The standard InChI is InChI=1S/C15H20N2O2S/c1-5-10-19-14-8-6-13(7-9-14)16-15(18)17(3)12(2)11-20-4/h1,6-9,12H,10-11H2,2-4H3,(H,16,18)/t12-/m0/s1. The molecule has 0 radical (unpaired) electrons. The summed E-state index contributed by atoms with van der Waals surface area (Å²) in [4.78, 5) is 13.7. The fourth-order valence-electron chi connectivity index (χ4n) is 1.52. The van der Waals surface area contributed by atoms with Crippen LogP contribution in [-0.2, 0) is 0 Å². The molecule has 0 aromatic heterocycles. The molecule has 0 bridgehead atoms. The first-order valence-corrected chi connectivity index (χ1v) is 7.67. The van der Waals surface area contributed by atoms with Crippen molar-refractivity contribution in [1.29, 1.82) is 0 Å². The zero-order valence-corrected chi connectivity index (χ0v) is 12.9. The van der Waals surface area contributed by atoms with Gasteiger partial charge >= 0.3 is 6.03 Å². The van der Waals surface area contributed by atoms with Crippen molar-refractivity contribution in [2.75, 3.05) is 31.0 Å². The summed E-state index contributed by atoms with van der Waals surface area (Å²) in [7, 11) is 1.79. The van der Waals surface area contributed by atoms with Crippen LogP contribution >= 0.6 is 11.8 Å². The minimum absolute atomic E-state index is 0.121. The van der Waals surface area contributed by atoms with Gasteiger partial charge in [0.25, 0.3) is 0 Å². The molecule has 1 rings (SSSR count). The van der Waals surface area contributed by atoms with Gasteiger partial charge < -0.3 is 15.0 Å². The molecule has 5 heteroatoms. The Labute approximate surface area is 124 Å². The van der Waals surface area contributed by atoms with E-state index in [1.807, 2.05) is 13.2 Å². The number of thioether (sulfide) groups is 1. The molecule has 0 unspecified atom stereocenters. The second-order valence-corrected chi connectivity index (χ2v) is 5.27. The molecule has 0 heterocycles. The van der Waals surface area contributed by atoms with Gasteiger partial charge in [-0.2, -0.15) is 11.8 Å². The molecule has 1 aromatic carbocycles. The summed E-state index contributed by atoms with van der Waals surface area (Å²) in [6.07, 6.45) is 7.14. The molecule has 0 fully saturated rings. The fourth-order valence-corrected chi connectivity index (χ4v) is 2.23. The number of carbonyl (C=O) groups excluding carboxylic acids is 1. The summed E-state index contributed by atoms with van der Waals surface area (Å²) in [6, 6.07) is 7.19. The first kappa shape index (κ1) is 16.3. The summed E-state index contributed by atoms with van der Waals surface area (Å²) < 4.78 is 5.27. The van der Waals surface area contributed by atoms with Crippen LogP contribution in [0.5, 0.6) is 5.75 Å². The van der Waals surface area contributed by atoms with Crippen LogP contribution in [0.4, 0.5) is 10.5 Å². The number of hydrogen-bond acceptors (Lipinski definition) is 3. The number of amides is 2. The average Bonchev–Trinajstić information content (AvgIpc) is 2.46. The summed E-state index contributed by atoms with van der Waals surface area (Å²) >= 11 is 1.72. The molecule has 1 atom stereocenters. The average molecular weight is 292 g/mol. The van der Waals surface area contributed by atoms with Gasteiger partial charge in [-0.25, -0.2) is 4.79 Å². The number of terminal acetylenes is 1. The van der Waals surface area contributed by atoms with Gasteiger partial charge in [-0.15, -0.1) is 6.42 Å². The minimum Gasteiger partial charge on any atom is -0.481 e. The van der Waals surface area contributed by atoms with E-state index in [0.717, 1.165) is 11.4 Å². The maximum absolute atomic E-state index is 12.0. The fraction of sp³-hybridized carbons (Fsp3) is 0.400. The van der Waals surface area contributed by atoms with E-state index in [4.69, 9.17) is 11.2 Å². The molecule has 1 aromatic rings. The van der Waals surface area contributed by atoms with Gasteiger partial charge in [0.1, 0.15) is 12.4 Å². The molecule has 20 heavy (non-hydrogen) atoms. The van der Waals surface area contributed by atoms with E-state index in [2.05, 4.69) is 11.2 Å². The van der Waals surface area contributed by atoms with Gasteiger partial charge in [0, 0.05) is 24.5 Å². The monoisotopic (exact) mass is 292 g/mol. The van der Waals surface area contributed by atoms with E-state index in [1.54, 1.807) is 48.0 Å². The molecule has 1 N–H and O–H groups in total. The number of urea groups is 1. The van der Waals surface area contributed by atoms with Crippen molar-refractivity contribution in [3.8, 4) is 18.1 Å². The summed E-state index contributed by atoms with van der Waals surface area (Å²) in [6.45, 7) is 2.26. The molecule has 0 aliphatic carbocycles. The Balaban J connectivity index is 2.55. The van der Waals surface area contributed by atoms with Gasteiger partial charge in [0.2, 0.25) is 0 Å². The molecular formula is C15H20N2O2S. The van der Waals surface area contributed by atoms with E-state index in [-0.39, 0.29) is 18.7 Å². The van der Waals surface area contributed by atoms with Crippen molar-refractivity contribution in [3.63, 3.8) is 0 Å². The molecule has 0 spiro atoms. The highest BCUT2D eigenvalue weighted by Gasteiger charge is 2.15. The van der Waals surface area contributed by atoms with Crippen LogP contribution in [0.15, 0.2) is 24.3 Å². The Morgan fingerprint density at radius 2 is 2.15 bits per heavy atom. The van der Waals surface area contributed by atoms with Gasteiger partial charge in [0.15, 0.2) is 0 Å². The smallest absolute Gasteiger partial charge is 0.321 e. The maximum Gasteiger partial charge on any atom is 0.321 e. The maximum atomic E-state index is 12.0. The van der Waals surface area contributed by atoms with Crippen LogP contribution < -0.4 is 10.1 Å². The molecule has 4 nitrogen and oxygen atoms in total. The number of rotatable bonds is 6. The zero-order chi connectivity index (χ0) is 15.0. The van der Waals surface area contributed by atoms with Crippen LogP contribution in [-0.4, -0.2) is 42.6 Å². The predicted octanol–water partition coefficient (Wildman–Crippen LogP) is 2.91. The molecule has 108 valence electrons. The SMILES string of the molecule is C#CCOc1ccc(NC(=O)N(C)[C@@H](C)CSC)cc1. The molecule has 0 saturated carbocycles. The van der Waals surface area contributed by atoms with Gasteiger partial charge in [-0.1, -0.05) is 5.92 Å². The zero-order valence-electron chi connectivity index (χ0n) is 12.1. The second kappa shape index (κ2) is 8.39. The Morgan fingerprint density at radius 1 is 1.50 bits per heavy atom. The van der Waals surface area contributed by atoms with Crippen molar-refractivity contribution in [2.45, 2.75) is 13.0 Å². The van der Waals surface area contributed by atoms with Gasteiger partial charge in [-0.3, -0.25) is 0 Å². The lowest BCUT2D eigenvalue weighted by Crippen LogP contribution is -2.39. The quantitative estimate of drug-likeness (QED) is 0.820. The Hall–Kier alpha value is -1.80. The lowest BCUT2D eigenvalue weighted by molar-refractivity contribution is 0.212. The van der Waals surface area contributed by atoms with Gasteiger partial charge in [0.05, 0.1) is 0 Å². The van der Waals surface area contributed by atoms with Crippen molar-refractivity contribution in [1.82, 2.24) is 4.90 Å². The van der Waals surface area contributed by atoms with Crippen LogP contribution in [0, 0.1) is 12.3 Å². The van der Waals surface area contributed by atoms with E-state index >= 15 is 0 Å². The summed E-state index contributed by atoms with van der Waals surface area (Å²) in [5.41, 5.74) is 0.728. The number of hydrogen-bond donors (Lipinski definition) is 1. The van der Waals surface area contributed by atoms with Crippen LogP contribution in [0.2, 0.25) is 0 Å². The first-order valence-electron chi connectivity index (χ1n) is 6.27. The Kier molecular flexibility index (Phi) is 6.82. The number of nitrogens with one attached hydrogen (secondary N) is 1. The van der Waals surface area contributed by atoms with Crippen molar-refractivity contribution >= 4 is 23.5 Å². The van der Waals surface area contributed by atoms with E-state index in [1.165, 1.54) is 0 Å². The number of benzene rings is 1. The molecule has 0 saturated heterocycles. The Bertz CT molecular complexity index is 468. The third-order valence-electron chi connectivity index (χ3n) is 2.82. The number of nitrogens with zero attached hydrogens (tertiary/aromatic N) is 1. The lowest BCUT2D eigenvalue weighted by atomic mass is 10.3. The number of anilines is 1. The molecule has 2 amide bonds. The third-order valence-corrected chi connectivity index (χ3v) is 3.63. The lowest BCUT2D eigenvalue weighted by Gasteiger charge is -2.24. The predicted molar refractivity (Wildman–Crippen MR) is 85.4 cm³/mol. The normalized spacial score (nSPS) is 11.3. The molecular weight excluding hydrogens is 272 g/mol. The highest BCUT2D eigenvalue weighted by Crippen LogP contribution is 2.16. The van der Waals surface area contributed by atoms with Crippen LogP contribution in [0.1, 0.15) is 6.92 Å². The van der Waals surface area contributed by atoms with E-state index < -0.39 is 0 Å². The van der Waals surface area contributed by atoms with Crippen LogP contribution in [0.3, 0.4) is 0 Å². The highest BCUT2D eigenvalue weighted by molar-refractivity contribution is 7.98. The van der Waals surface area contributed by atoms with E-state index in [9.17, 15) is 4.79 Å². The topological polar surface area (TPSA) is 41.6 Å². The largest absolute Gasteiger partial charge is 0.481 e. The van der Waals surface area contributed by atoms with E-state index in [0.29, 0.717) is 5.75 Å². The first-order chi connectivity index (χ1) is 9.58. The van der Waals surface area contributed by atoms with Crippen LogP contribution in [0.25, 0.3) is 0 Å². The molecule has 0 aliphatic rings. The number of carbonyl (C=O) groups is 1. The highest BCUT2D eigenvalue weighted by atomic mass is 32.2.